The molecule has 2 aliphatic rings. The van der Waals surface area contributed by atoms with Crippen molar-refractivity contribution in [3.8, 4) is 0 Å². The van der Waals surface area contributed by atoms with Crippen LogP contribution in [-0.2, 0) is 0 Å². The first-order valence-corrected chi connectivity index (χ1v) is 7.54. The quantitative estimate of drug-likeness (QED) is 0.780. The Balaban J connectivity index is 1.88. The van der Waals surface area contributed by atoms with Gasteiger partial charge in [-0.1, -0.05) is 25.4 Å². The summed E-state index contributed by atoms with van der Waals surface area (Å²) in [6.07, 6.45) is 4.23. The van der Waals surface area contributed by atoms with E-state index in [1.165, 1.54) is 19.4 Å². The van der Waals surface area contributed by atoms with Crippen molar-refractivity contribution in [2.45, 2.75) is 38.6 Å². The summed E-state index contributed by atoms with van der Waals surface area (Å²) < 4.78 is 0. The Hall–Kier alpha value is -0.870. The third-order valence-electron chi connectivity index (χ3n) is 4.28. The van der Waals surface area contributed by atoms with Crippen LogP contribution < -0.4 is 4.90 Å². The molecule has 1 unspecified atom stereocenters. The van der Waals surface area contributed by atoms with Crippen LogP contribution in [0.15, 0.2) is 6.33 Å². The molecular formula is C14H21ClN4. The SMILES string of the molecule is CC(C)c1c(Cl)ncnc1N1CCN2CCCC2C1. The number of hydrogen-bond donors (Lipinski definition) is 0. The molecule has 2 fully saturated rings. The van der Waals surface area contributed by atoms with Gasteiger partial charge in [0, 0.05) is 31.2 Å². The summed E-state index contributed by atoms with van der Waals surface area (Å²) in [6, 6.07) is 0.697. The Morgan fingerprint density at radius 3 is 2.89 bits per heavy atom. The molecule has 1 atom stereocenters. The van der Waals surface area contributed by atoms with Gasteiger partial charge in [-0.2, -0.15) is 0 Å². The average Bonchev–Trinajstić information content (AvgIpc) is 2.85. The fourth-order valence-electron chi connectivity index (χ4n) is 3.30. The number of halogens is 1. The van der Waals surface area contributed by atoms with Gasteiger partial charge in [-0.25, -0.2) is 9.97 Å². The molecule has 2 aliphatic heterocycles. The molecule has 1 aromatic heterocycles. The Labute approximate surface area is 119 Å². The topological polar surface area (TPSA) is 32.3 Å². The zero-order valence-electron chi connectivity index (χ0n) is 11.6. The van der Waals surface area contributed by atoms with Crippen molar-refractivity contribution >= 4 is 17.4 Å². The molecule has 104 valence electrons. The minimum Gasteiger partial charge on any atom is -0.353 e. The summed E-state index contributed by atoms with van der Waals surface area (Å²) >= 11 is 6.27. The van der Waals surface area contributed by atoms with Crippen LogP contribution in [0, 0.1) is 0 Å². The number of fused-ring (bicyclic) bond motifs is 1. The Kier molecular flexibility index (Phi) is 3.63. The second kappa shape index (κ2) is 5.25. The molecule has 5 heteroatoms. The molecule has 0 spiro atoms. The minimum absolute atomic E-state index is 0.352. The number of aromatic nitrogens is 2. The van der Waals surface area contributed by atoms with Crippen LogP contribution in [0.1, 0.15) is 38.2 Å². The molecule has 0 amide bonds. The van der Waals surface area contributed by atoms with Gasteiger partial charge >= 0.3 is 0 Å². The predicted octanol–water partition coefficient (Wildman–Crippen LogP) is 2.54. The van der Waals surface area contributed by atoms with E-state index in [-0.39, 0.29) is 0 Å². The van der Waals surface area contributed by atoms with Gasteiger partial charge in [-0.15, -0.1) is 0 Å². The molecule has 19 heavy (non-hydrogen) atoms. The maximum atomic E-state index is 6.27. The van der Waals surface area contributed by atoms with Gasteiger partial charge in [-0.05, 0) is 25.3 Å². The molecule has 4 nitrogen and oxygen atoms in total. The fraction of sp³-hybridized carbons (Fsp3) is 0.714. The fourth-order valence-corrected chi connectivity index (χ4v) is 3.64. The smallest absolute Gasteiger partial charge is 0.138 e. The van der Waals surface area contributed by atoms with E-state index in [1.54, 1.807) is 6.33 Å². The number of anilines is 1. The van der Waals surface area contributed by atoms with Crippen molar-refractivity contribution in [2.75, 3.05) is 31.1 Å². The highest BCUT2D eigenvalue weighted by Crippen LogP contribution is 2.32. The summed E-state index contributed by atoms with van der Waals surface area (Å²) in [4.78, 5) is 13.7. The van der Waals surface area contributed by atoms with Gasteiger partial charge in [-0.3, -0.25) is 4.90 Å². The van der Waals surface area contributed by atoms with E-state index in [0.717, 1.165) is 31.0 Å². The summed E-state index contributed by atoms with van der Waals surface area (Å²) in [5, 5.41) is 0.605. The van der Waals surface area contributed by atoms with Crippen molar-refractivity contribution in [3.05, 3.63) is 17.0 Å². The van der Waals surface area contributed by atoms with Crippen LogP contribution in [0.5, 0.6) is 0 Å². The monoisotopic (exact) mass is 280 g/mol. The normalized spacial score (nSPS) is 24.0. The second-order valence-electron chi connectivity index (χ2n) is 5.83. The maximum absolute atomic E-state index is 6.27. The van der Waals surface area contributed by atoms with Crippen LogP contribution in [0.25, 0.3) is 0 Å². The number of rotatable bonds is 2. The molecule has 0 bridgehead atoms. The molecule has 3 heterocycles. The average molecular weight is 281 g/mol. The van der Waals surface area contributed by atoms with Crippen LogP contribution >= 0.6 is 11.6 Å². The maximum Gasteiger partial charge on any atom is 0.138 e. The van der Waals surface area contributed by atoms with Crippen LogP contribution in [0.2, 0.25) is 5.15 Å². The minimum atomic E-state index is 0.352. The van der Waals surface area contributed by atoms with Crippen molar-refractivity contribution in [1.29, 1.82) is 0 Å². The third-order valence-corrected chi connectivity index (χ3v) is 4.58. The summed E-state index contributed by atoms with van der Waals surface area (Å²) in [5.74, 6) is 1.40. The van der Waals surface area contributed by atoms with Crippen molar-refractivity contribution in [1.82, 2.24) is 14.9 Å². The van der Waals surface area contributed by atoms with Gasteiger partial charge in [0.15, 0.2) is 0 Å². The lowest BCUT2D eigenvalue weighted by Crippen LogP contribution is -2.50. The number of piperazine rings is 1. The van der Waals surface area contributed by atoms with Crippen LogP contribution in [0.4, 0.5) is 5.82 Å². The zero-order chi connectivity index (χ0) is 13.4. The van der Waals surface area contributed by atoms with Gasteiger partial charge in [0.2, 0.25) is 0 Å². The first-order valence-electron chi connectivity index (χ1n) is 7.16. The molecule has 0 aliphatic carbocycles. The highest BCUT2D eigenvalue weighted by Gasteiger charge is 2.32. The predicted molar refractivity (Wildman–Crippen MR) is 77.9 cm³/mol. The van der Waals surface area contributed by atoms with Gasteiger partial charge in [0.05, 0.1) is 0 Å². The van der Waals surface area contributed by atoms with E-state index in [1.807, 2.05) is 0 Å². The Morgan fingerprint density at radius 1 is 1.26 bits per heavy atom. The largest absolute Gasteiger partial charge is 0.353 e. The van der Waals surface area contributed by atoms with Crippen LogP contribution in [0.3, 0.4) is 0 Å². The first-order chi connectivity index (χ1) is 9.16. The molecule has 0 saturated carbocycles. The summed E-state index contributed by atoms with van der Waals surface area (Å²) in [7, 11) is 0. The van der Waals surface area contributed by atoms with Crippen molar-refractivity contribution in [3.63, 3.8) is 0 Å². The highest BCUT2D eigenvalue weighted by atomic mass is 35.5. The van der Waals surface area contributed by atoms with E-state index in [9.17, 15) is 0 Å². The van der Waals surface area contributed by atoms with E-state index < -0.39 is 0 Å². The molecule has 0 N–H and O–H groups in total. The lowest BCUT2D eigenvalue weighted by Gasteiger charge is -2.39. The van der Waals surface area contributed by atoms with Gasteiger partial charge in [0.25, 0.3) is 0 Å². The Bertz CT molecular complexity index is 463. The van der Waals surface area contributed by atoms with E-state index in [2.05, 4.69) is 33.6 Å². The first kappa shape index (κ1) is 13.1. The Morgan fingerprint density at radius 2 is 2.11 bits per heavy atom. The molecular weight excluding hydrogens is 260 g/mol. The standard InChI is InChI=1S/C14H21ClN4/c1-10(2)12-13(15)16-9-17-14(12)19-7-6-18-5-3-4-11(18)8-19/h9-11H,3-8H2,1-2H3. The van der Waals surface area contributed by atoms with Gasteiger partial charge < -0.3 is 4.90 Å². The third kappa shape index (κ3) is 2.43. The lowest BCUT2D eigenvalue weighted by atomic mass is 10.0. The molecule has 0 radical (unpaired) electrons. The number of nitrogens with zero attached hydrogens (tertiary/aromatic N) is 4. The summed E-state index contributed by atoms with van der Waals surface area (Å²) in [6.45, 7) is 8.83. The molecule has 3 rings (SSSR count). The van der Waals surface area contributed by atoms with E-state index in [4.69, 9.17) is 11.6 Å². The molecule has 2 saturated heterocycles. The zero-order valence-corrected chi connectivity index (χ0v) is 12.4. The number of hydrogen-bond acceptors (Lipinski definition) is 4. The molecule has 1 aromatic rings. The summed E-state index contributed by atoms with van der Waals surface area (Å²) in [5.41, 5.74) is 1.09. The lowest BCUT2D eigenvalue weighted by molar-refractivity contribution is 0.230. The highest BCUT2D eigenvalue weighted by molar-refractivity contribution is 6.30. The second-order valence-corrected chi connectivity index (χ2v) is 6.19. The van der Waals surface area contributed by atoms with E-state index >= 15 is 0 Å². The molecule has 0 aromatic carbocycles. The van der Waals surface area contributed by atoms with Gasteiger partial charge in [0.1, 0.15) is 17.3 Å². The van der Waals surface area contributed by atoms with Crippen LogP contribution in [-0.4, -0.2) is 47.1 Å². The van der Waals surface area contributed by atoms with E-state index in [0.29, 0.717) is 17.1 Å². The van der Waals surface area contributed by atoms with Crippen molar-refractivity contribution in [2.24, 2.45) is 0 Å². The van der Waals surface area contributed by atoms with Crippen molar-refractivity contribution < 1.29 is 0 Å².